The van der Waals surface area contributed by atoms with E-state index in [0.29, 0.717) is 51.2 Å². The summed E-state index contributed by atoms with van der Waals surface area (Å²) in [4.78, 5) is 29.3. The first-order valence-corrected chi connectivity index (χ1v) is 13.7. The van der Waals surface area contributed by atoms with E-state index in [1.165, 1.54) is 23.1 Å². The standard InChI is InChI=1S/C23H20Cl2N6O3S2/c24-13-6-7-17(14(25)10-13)31-20(18-5-3-9-34-18)29-30-23(31)36-12-19-27-16(11-35-19)22(33)28-15-4-1-2-8-26-21(15)32/h3,5-7,9-11,15H,1-2,4,8,12H2,(H,26,32)(H,28,33)/t15-/m0/s1. The van der Waals surface area contributed by atoms with E-state index in [1.54, 1.807) is 46.5 Å². The Morgan fingerprint density at radius 1 is 1.28 bits per heavy atom. The molecule has 2 N–H and O–H groups in total. The molecule has 9 nitrogen and oxygen atoms in total. The summed E-state index contributed by atoms with van der Waals surface area (Å²) in [6.45, 7) is 0.636. The van der Waals surface area contributed by atoms with Gasteiger partial charge >= 0.3 is 0 Å². The molecule has 4 aromatic rings. The highest BCUT2D eigenvalue weighted by atomic mass is 35.5. The zero-order valence-electron chi connectivity index (χ0n) is 18.7. The molecule has 1 saturated heterocycles. The Bertz CT molecular complexity index is 1390. The maximum absolute atomic E-state index is 12.7. The van der Waals surface area contributed by atoms with Crippen LogP contribution in [-0.2, 0) is 10.5 Å². The summed E-state index contributed by atoms with van der Waals surface area (Å²) in [7, 11) is 0. The molecule has 0 radical (unpaired) electrons. The number of hydrogen-bond acceptors (Lipinski definition) is 8. The van der Waals surface area contributed by atoms with Gasteiger partial charge in [0.2, 0.25) is 11.7 Å². The van der Waals surface area contributed by atoms with Gasteiger partial charge in [0.15, 0.2) is 10.9 Å². The molecule has 4 heterocycles. The molecule has 3 aromatic heterocycles. The number of halogens is 2. The maximum Gasteiger partial charge on any atom is 0.271 e. The second-order valence-electron chi connectivity index (χ2n) is 7.94. The number of nitrogens with zero attached hydrogens (tertiary/aromatic N) is 4. The predicted molar refractivity (Wildman–Crippen MR) is 139 cm³/mol. The zero-order valence-corrected chi connectivity index (χ0v) is 21.9. The molecule has 0 aliphatic carbocycles. The van der Waals surface area contributed by atoms with Crippen LogP contribution in [0.2, 0.25) is 10.0 Å². The van der Waals surface area contributed by atoms with Gasteiger partial charge in [0.25, 0.3) is 5.91 Å². The lowest BCUT2D eigenvalue weighted by Gasteiger charge is -2.14. The third kappa shape index (κ3) is 5.44. The van der Waals surface area contributed by atoms with Gasteiger partial charge in [-0.1, -0.05) is 35.0 Å². The van der Waals surface area contributed by atoms with Crippen LogP contribution in [0.1, 0.15) is 34.8 Å². The van der Waals surface area contributed by atoms with Crippen molar-refractivity contribution in [3.05, 3.63) is 62.7 Å². The first-order valence-electron chi connectivity index (χ1n) is 11.1. The highest BCUT2D eigenvalue weighted by molar-refractivity contribution is 7.98. The van der Waals surface area contributed by atoms with Gasteiger partial charge in [-0.05, 0) is 49.6 Å². The van der Waals surface area contributed by atoms with Crippen LogP contribution in [0.25, 0.3) is 17.3 Å². The van der Waals surface area contributed by atoms with Crippen molar-refractivity contribution in [1.82, 2.24) is 30.4 Å². The third-order valence-electron chi connectivity index (χ3n) is 5.48. The van der Waals surface area contributed by atoms with E-state index in [1.807, 2.05) is 0 Å². The molecule has 1 aliphatic heterocycles. The van der Waals surface area contributed by atoms with E-state index in [0.717, 1.165) is 17.8 Å². The molecular formula is C23H20Cl2N6O3S2. The lowest BCUT2D eigenvalue weighted by Crippen LogP contribution is -2.45. The molecule has 1 aliphatic rings. The minimum Gasteiger partial charge on any atom is -0.461 e. The van der Waals surface area contributed by atoms with Gasteiger partial charge in [0, 0.05) is 16.9 Å². The Morgan fingerprint density at radius 2 is 2.17 bits per heavy atom. The van der Waals surface area contributed by atoms with Crippen molar-refractivity contribution >= 4 is 58.1 Å². The van der Waals surface area contributed by atoms with Gasteiger partial charge < -0.3 is 15.1 Å². The predicted octanol–water partition coefficient (Wildman–Crippen LogP) is 4.98. The van der Waals surface area contributed by atoms with Crippen LogP contribution in [0.4, 0.5) is 0 Å². The number of benzene rings is 1. The highest BCUT2D eigenvalue weighted by Gasteiger charge is 2.24. The minimum absolute atomic E-state index is 0.153. The fourth-order valence-corrected chi connectivity index (χ4v) is 5.96. The number of hydrogen-bond donors (Lipinski definition) is 2. The molecule has 1 aromatic carbocycles. The van der Waals surface area contributed by atoms with Crippen LogP contribution >= 0.6 is 46.3 Å². The third-order valence-corrected chi connectivity index (χ3v) is 7.98. The van der Waals surface area contributed by atoms with Crippen molar-refractivity contribution in [2.45, 2.75) is 36.2 Å². The van der Waals surface area contributed by atoms with Crippen LogP contribution in [0.15, 0.2) is 51.5 Å². The van der Waals surface area contributed by atoms with Crippen molar-refractivity contribution in [1.29, 1.82) is 0 Å². The van der Waals surface area contributed by atoms with Crippen LogP contribution < -0.4 is 10.6 Å². The number of carbonyl (C=O) groups excluding carboxylic acids is 2. The molecule has 0 saturated carbocycles. The number of furan rings is 1. The number of aromatic nitrogens is 4. The smallest absolute Gasteiger partial charge is 0.271 e. The maximum atomic E-state index is 12.7. The summed E-state index contributed by atoms with van der Waals surface area (Å²) in [6.07, 6.45) is 3.96. The summed E-state index contributed by atoms with van der Waals surface area (Å²) in [5.74, 6) is 0.965. The van der Waals surface area contributed by atoms with Gasteiger partial charge in [0.05, 0.1) is 22.7 Å². The van der Waals surface area contributed by atoms with Crippen molar-refractivity contribution < 1.29 is 14.0 Å². The van der Waals surface area contributed by atoms with Crippen molar-refractivity contribution in [2.75, 3.05) is 6.54 Å². The van der Waals surface area contributed by atoms with Crippen molar-refractivity contribution in [3.8, 4) is 17.3 Å². The molecule has 0 bridgehead atoms. The van der Waals surface area contributed by atoms with Crippen molar-refractivity contribution in [2.24, 2.45) is 0 Å². The lowest BCUT2D eigenvalue weighted by atomic mass is 10.1. The number of thioether (sulfide) groups is 1. The van der Waals surface area contributed by atoms with E-state index in [-0.39, 0.29) is 17.5 Å². The summed E-state index contributed by atoms with van der Waals surface area (Å²) < 4.78 is 7.34. The number of amides is 2. The second kappa shape index (κ2) is 11.0. The van der Waals surface area contributed by atoms with Crippen LogP contribution in [-0.4, -0.2) is 44.1 Å². The largest absolute Gasteiger partial charge is 0.461 e. The fourth-order valence-electron chi connectivity index (χ4n) is 3.73. The molecule has 0 spiro atoms. The quantitative estimate of drug-likeness (QED) is 0.305. The Kier molecular flexibility index (Phi) is 7.61. The number of carbonyl (C=O) groups is 2. The molecule has 13 heteroatoms. The van der Waals surface area contributed by atoms with E-state index >= 15 is 0 Å². The monoisotopic (exact) mass is 562 g/mol. The molecule has 1 fully saturated rings. The summed E-state index contributed by atoms with van der Waals surface area (Å²) in [6, 6.07) is 8.20. The molecule has 5 rings (SSSR count). The van der Waals surface area contributed by atoms with Gasteiger partial charge in [-0.15, -0.1) is 21.5 Å². The highest BCUT2D eigenvalue weighted by Crippen LogP contribution is 2.34. The normalized spacial score (nSPS) is 15.9. The number of thiazole rings is 1. The topological polar surface area (TPSA) is 115 Å². The van der Waals surface area contributed by atoms with E-state index in [9.17, 15) is 9.59 Å². The molecule has 186 valence electrons. The van der Waals surface area contributed by atoms with Gasteiger partial charge in [0.1, 0.15) is 16.7 Å². The Hall–Kier alpha value is -2.86. The Morgan fingerprint density at radius 3 is 2.97 bits per heavy atom. The molecular weight excluding hydrogens is 543 g/mol. The van der Waals surface area contributed by atoms with E-state index in [2.05, 4.69) is 25.8 Å². The number of nitrogens with one attached hydrogen (secondary N) is 2. The summed E-state index contributed by atoms with van der Waals surface area (Å²) in [5.41, 5.74) is 0.937. The SMILES string of the molecule is O=C(N[C@H]1CCCCNC1=O)c1csc(CSc2nnc(-c3ccco3)n2-c2ccc(Cl)cc2Cl)n1. The molecule has 36 heavy (non-hydrogen) atoms. The number of rotatable bonds is 7. The van der Waals surface area contributed by atoms with Crippen molar-refractivity contribution in [3.63, 3.8) is 0 Å². The zero-order chi connectivity index (χ0) is 25.1. The van der Waals surface area contributed by atoms with Gasteiger partial charge in [-0.25, -0.2) is 4.98 Å². The second-order valence-corrected chi connectivity index (χ2v) is 10.7. The minimum atomic E-state index is -0.540. The molecule has 2 amide bonds. The lowest BCUT2D eigenvalue weighted by molar-refractivity contribution is -0.122. The average Bonchev–Trinajstić information content (AvgIpc) is 3.60. The molecule has 1 atom stereocenters. The van der Waals surface area contributed by atoms with E-state index in [4.69, 9.17) is 27.6 Å². The molecule has 0 unspecified atom stereocenters. The first-order chi connectivity index (χ1) is 17.5. The Labute approximate surface area is 224 Å². The van der Waals surface area contributed by atoms with Crippen LogP contribution in [0.3, 0.4) is 0 Å². The summed E-state index contributed by atoms with van der Waals surface area (Å²) >= 11 is 15.4. The van der Waals surface area contributed by atoms with Gasteiger partial charge in [-0.3, -0.25) is 14.2 Å². The van der Waals surface area contributed by atoms with Gasteiger partial charge in [-0.2, -0.15) is 0 Å². The van der Waals surface area contributed by atoms with Crippen LogP contribution in [0, 0.1) is 0 Å². The van der Waals surface area contributed by atoms with Crippen LogP contribution in [0.5, 0.6) is 0 Å². The summed E-state index contributed by atoms with van der Waals surface area (Å²) in [5, 5.41) is 18.2. The first kappa shape index (κ1) is 24.8. The van der Waals surface area contributed by atoms with E-state index < -0.39 is 6.04 Å². The Balaban J connectivity index is 1.33. The fraction of sp³-hybridized carbons (Fsp3) is 0.261. The average molecular weight is 563 g/mol.